The van der Waals surface area contributed by atoms with Crippen LogP contribution in [0.15, 0.2) is 24.3 Å². The van der Waals surface area contributed by atoms with Crippen LogP contribution in [-0.4, -0.2) is 43.0 Å². The van der Waals surface area contributed by atoms with Gasteiger partial charge in [-0.3, -0.25) is 14.5 Å². The average molecular weight is 316 g/mol. The van der Waals surface area contributed by atoms with Gasteiger partial charge in [0, 0.05) is 37.7 Å². The van der Waals surface area contributed by atoms with Crippen molar-refractivity contribution in [1.29, 1.82) is 0 Å². The van der Waals surface area contributed by atoms with E-state index in [1.165, 1.54) is 19.1 Å². The van der Waals surface area contributed by atoms with Gasteiger partial charge < -0.3 is 9.64 Å². The van der Waals surface area contributed by atoms with Crippen LogP contribution in [-0.2, 0) is 20.9 Å². The first-order valence-electron chi connectivity index (χ1n) is 8.38. The predicted molar refractivity (Wildman–Crippen MR) is 88.1 cm³/mol. The van der Waals surface area contributed by atoms with Crippen molar-refractivity contribution < 1.29 is 14.3 Å². The number of carbonyl (C=O) groups excluding carboxylic acids is 2. The second kappa shape index (κ2) is 7.13. The highest BCUT2D eigenvalue weighted by molar-refractivity contribution is 5.94. The highest BCUT2D eigenvalue weighted by Gasteiger charge is 2.33. The number of nitrogens with zero attached hydrogens (tertiary/aromatic N) is 2. The van der Waals surface area contributed by atoms with Crippen molar-refractivity contribution in [3.63, 3.8) is 0 Å². The number of fused-ring (bicyclic) bond motifs is 2. The van der Waals surface area contributed by atoms with E-state index in [0.29, 0.717) is 25.3 Å². The van der Waals surface area contributed by atoms with Crippen molar-refractivity contribution in [2.75, 3.05) is 25.1 Å². The third-order valence-corrected chi connectivity index (χ3v) is 4.85. The Morgan fingerprint density at radius 2 is 2.09 bits per heavy atom. The summed E-state index contributed by atoms with van der Waals surface area (Å²) in [7, 11) is 1.38. The summed E-state index contributed by atoms with van der Waals surface area (Å²) < 4.78 is 4.64. The molecule has 0 aliphatic carbocycles. The molecule has 5 nitrogen and oxygen atoms in total. The van der Waals surface area contributed by atoms with Gasteiger partial charge in [0.1, 0.15) is 0 Å². The van der Waals surface area contributed by atoms with Gasteiger partial charge in [-0.2, -0.15) is 0 Å². The minimum atomic E-state index is -0.254. The van der Waals surface area contributed by atoms with Crippen molar-refractivity contribution in [1.82, 2.24) is 4.90 Å². The van der Waals surface area contributed by atoms with Crippen molar-refractivity contribution in [3.8, 4) is 0 Å². The van der Waals surface area contributed by atoms with Gasteiger partial charge in [0.05, 0.1) is 7.11 Å². The minimum Gasteiger partial charge on any atom is -0.469 e. The third-order valence-electron chi connectivity index (χ3n) is 4.85. The minimum absolute atomic E-state index is 0.107. The lowest BCUT2D eigenvalue weighted by atomic mass is 10.1. The summed E-state index contributed by atoms with van der Waals surface area (Å²) in [5.74, 6) is -0.147. The Hall–Kier alpha value is -1.88. The first-order valence-corrected chi connectivity index (χ1v) is 8.38. The molecule has 0 saturated carbocycles. The molecule has 1 saturated heterocycles. The molecular weight excluding hydrogens is 292 g/mol. The maximum atomic E-state index is 12.7. The Morgan fingerprint density at radius 3 is 2.91 bits per heavy atom. The molecule has 0 spiro atoms. The molecule has 2 heterocycles. The van der Waals surface area contributed by atoms with Gasteiger partial charge in [-0.1, -0.05) is 18.2 Å². The molecule has 2 aliphatic rings. The Bertz CT molecular complexity index is 587. The zero-order valence-corrected chi connectivity index (χ0v) is 13.7. The van der Waals surface area contributed by atoms with Crippen LogP contribution in [0.3, 0.4) is 0 Å². The van der Waals surface area contributed by atoms with Crippen molar-refractivity contribution >= 4 is 17.6 Å². The van der Waals surface area contributed by atoms with Crippen molar-refractivity contribution in [3.05, 3.63) is 29.8 Å². The van der Waals surface area contributed by atoms with E-state index in [4.69, 9.17) is 0 Å². The monoisotopic (exact) mass is 316 g/mol. The molecule has 1 atom stereocenters. The summed E-state index contributed by atoms with van der Waals surface area (Å²) in [4.78, 5) is 28.4. The van der Waals surface area contributed by atoms with Crippen LogP contribution in [0.5, 0.6) is 0 Å². The number of methoxy groups -OCH3 is 1. The fourth-order valence-corrected chi connectivity index (χ4v) is 3.60. The molecule has 23 heavy (non-hydrogen) atoms. The lowest BCUT2D eigenvalue weighted by Crippen LogP contribution is -2.40. The number of benzene rings is 1. The second-order valence-electron chi connectivity index (χ2n) is 6.33. The standard InChI is InChI=1S/C18H24N2O3/c1-23-18(22)10-4-9-17(21)20-13-15-7-5-11-19(15)12-14-6-2-3-8-16(14)20/h2-3,6,8,15H,4-5,7,9-13H2,1H3/t15-/m1/s1. The summed E-state index contributed by atoms with van der Waals surface area (Å²) in [5, 5.41) is 0. The first-order chi connectivity index (χ1) is 11.2. The molecule has 2 aliphatic heterocycles. The number of ether oxygens (including phenoxy) is 1. The van der Waals surface area contributed by atoms with Crippen LogP contribution in [0, 0.1) is 0 Å². The molecule has 0 unspecified atom stereocenters. The van der Waals surface area contributed by atoms with Crippen LogP contribution >= 0.6 is 0 Å². The van der Waals surface area contributed by atoms with Gasteiger partial charge >= 0.3 is 5.97 Å². The Labute approximate surface area is 137 Å². The molecular formula is C18H24N2O3. The summed E-state index contributed by atoms with van der Waals surface area (Å²) in [6.07, 6.45) is 3.58. The van der Waals surface area contributed by atoms with E-state index in [9.17, 15) is 9.59 Å². The highest BCUT2D eigenvalue weighted by atomic mass is 16.5. The quantitative estimate of drug-likeness (QED) is 0.800. The number of hydrogen-bond donors (Lipinski definition) is 0. The zero-order valence-electron chi connectivity index (χ0n) is 13.7. The van der Waals surface area contributed by atoms with Crippen molar-refractivity contribution in [2.45, 2.75) is 44.7 Å². The second-order valence-corrected chi connectivity index (χ2v) is 6.33. The van der Waals surface area contributed by atoms with Gasteiger partial charge in [-0.15, -0.1) is 0 Å². The molecule has 1 amide bonds. The number of amides is 1. The van der Waals surface area contributed by atoms with Crippen LogP contribution in [0.1, 0.15) is 37.7 Å². The summed E-state index contributed by atoms with van der Waals surface area (Å²) in [6, 6.07) is 8.63. The lowest BCUT2D eigenvalue weighted by molar-refractivity contribution is -0.140. The molecule has 1 fully saturated rings. The maximum Gasteiger partial charge on any atom is 0.305 e. The largest absolute Gasteiger partial charge is 0.469 e. The highest BCUT2D eigenvalue weighted by Crippen LogP contribution is 2.31. The van der Waals surface area contributed by atoms with Crippen LogP contribution in [0.4, 0.5) is 5.69 Å². The van der Waals surface area contributed by atoms with E-state index in [1.54, 1.807) is 0 Å². The van der Waals surface area contributed by atoms with E-state index >= 15 is 0 Å². The molecule has 5 heteroatoms. The van der Waals surface area contributed by atoms with E-state index < -0.39 is 0 Å². The van der Waals surface area contributed by atoms with Crippen LogP contribution in [0.25, 0.3) is 0 Å². The number of hydrogen-bond acceptors (Lipinski definition) is 4. The fraction of sp³-hybridized carbons (Fsp3) is 0.556. The molecule has 124 valence electrons. The SMILES string of the molecule is COC(=O)CCCC(=O)N1C[C@H]2CCCN2Cc2ccccc21. The normalized spacial score (nSPS) is 20.6. The number of esters is 1. The van der Waals surface area contributed by atoms with Crippen molar-refractivity contribution in [2.24, 2.45) is 0 Å². The summed E-state index contributed by atoms with van der Waals surface area (Å²) >= 11 is 0. The van der Waals surface area contributed by atoms with Crippen LogP contribution < -0.4 is 4.90 Å². The topological polar surface area (TPSA) is 49.9 Å². The van der Waals surface area contributed by atoms with E-state index in [-0.39, 0.29) is 11.9 Å². The summed E-state index contributed by atoms with van der Waals surface area (Å²) in [5.41, 5.74) is 2.25. The van der Waals surface area contributed by atoms with Gasteiger partial charge in [0.2, 0.25) is 5.91 Å². The van der Waals surface area contributed by atoms with Gasteiger partial charge in [0.25, 0.3) is 0 Å². The Kier molecular flexibility index (Phi) is 4.96. The molecule has 0 bridgehead atoms. The average Bonchev–Trinajstić information content (AvgIpc) is 2.93. The smallest absolute Gasteiger partial charge is 0.305 e. The van der Waals surface area contributed by atoms with Gasteiger partial charge in [-0.05, 0) is 37.4 Å². The zero-order chi connectivity index (χ0) is 16.2. The summed E-state index contributed by atoms with van der Waals surface area (Å²) in [6.45, 7) is 2.80. The lowest BCUT2D eigenvalue weighted by Gasteiger charge is -2.26. The Balaban J connectivity index is 1.74. The Morgan fingerprint density at radius 1 is 1.26 bits per heavy atom. The number of para-hydroxylation sites is 1. The van der Waals surface area contributed by atoms with E-state index in [0.717, 1.165) is 31.7 Å². The number of carbonyl (C=O) groups is 2. The third kappa shape index (κ3) is 3.55. The number of anilines is 1. The van der Waals surface area contributed by atoms with E-state index in [2.05, 4.69) is 15.7 Å². The molecule has 1 aromatic carbocycles. The maximum absolute atomic E-state index is 12.7. The molecule has 0 aromatic heterocycles. The fourth-order valence-electron chi connectivity index (χ4n) is 3.60. The molecule has 0 N–H and O–H groups in total. The van der Waals surface area contributed by atoms with E-state index in [1.807, 2.05) is 23.1 Å². The predicted octanol–water partition coefficient (Wildman–Crippen LogP) is 2.34. The molecule has 0 radical (unpaired) electrons. The van der Waals surface area contributed by atoms with Gasteiger partial charge in [0.15, 0.2) is 0 Å². The molecule has 1 aromatic rings. The van der Waals surface area contributed by atoms with Gasteiger partial charge in [-0.25, -0.2) is 0 Å². The molecule has 3 rings (SSSR count). The number of rotatable bonds is 4. The first kappa shape index (κ1) is 16.0. The van der Waals surface area contributed by atoms with Crippen LogP contribution in [0.2, 0.25) is 0 Å².